The summed E-state index contributed by atoms with van der Waals surface area (Å²) in [5.74, 6) is -0.0862. The minimum Gasteiger partial charge on any atom is -0.484 e. The zero-order chi connectivity index (χ0) is 17.4. The van der Waals surface area contributed by atoms with Crippen molar-refractivity contribution >= 4 is 39.3 Å². The van der Waals surface area contributed by atoms with Crippen LogP contribution < -0.4 is 20.3 Å². The number of carbonyl (C=O) groups excluding carboxylic acids is 2. The highest BCUT2D eigenvalue weighted by atomic mass is 79.9. The van der Waals surface area contributed by atoms with Gasteiger partial charge in [-0.2, -0.15) is 0 Å². The Morgan fingerprint density at radius 2 is 1.58 bits per heavy atom. The first kappa shape index (κ1) is 18.1. The van der Waals surface area contributed by atoms with Gasteiger partial charge in [0.15, 0.2) is 13.2 Å². The van der Waals surface area contributed by atoms with Crippen LogP contribution >= 0.6 is 27.5 Å². The molecule has 2 aromatic rings. The summed E-state index contributed by atoms with van der Waals surface area (Å²) in [5.41, 5.74) is 4.45. The van der Waals surface area contributed by atoms with Crippen molar-refractivity contribution in [2.75, 3.05) is 13.2 Å². The lowest BCUT2D eigenvalue weighted by molar-refractivity contribution is -0.131. The molecule has 0 saturated heterocycles. The van der Waals surface area contributed by atoms with E-state index in [4.69, 9.17) is 21.1 Å². The number of hydrogen-bond acceptors (Lipinski definition) is 4. The van der Waals surface area contributed by atoms with Gasteiger partial charge in [-0.15, -0.1) is 0 Å². The highest BCUT2D eigenvalue weighted by molar-refractivity contribution is 9.10. The average Bonchev–Trinajstić information content (AvgIpc) is 2.58. The van der Waals surface area contributed by atoms with Crippen LogP contribution in [0, 0.1) is 0 Å². The van der Waals surface area contributed by atoms with Gasteiger partial charge in [0.1, 0.15) is 11.5 Å². The summed E-state index contributed by atoms with van der Waals surface area (Å²) in [6.45, 7) is -0.509. The predicted octanol–water partition coefficient (Wildman–Crippen LogP) is 2.71. The number of carbonyl (C=O) groups is 2. The number of para-hydroxylation sites is 1. The van der Waals surface area contributed by atoms with Gasteiger partial charge in [0, 0.05) is 4.47 Å². The normalized spacial score (nSPS) is 9.92. The van der Waals surface area contributed by atoms with Crippen LogP contribution in [-0.4, -0.2) is 25.0 Å². The average molecular weight is 414 g/mol. The van der Waals surface area contributed by atoms with E-state index in [2.05, 4.69) is 26.8 Å². The highest BCUT2D eigenvalue weighted by Gasteiger charge is 2.08. The van der Waals surface area contributed by atoms with Crippen molar-refractivity contribution in [3.05, 3.63) is 58.0 Å². The molecule has 0 radical (unpaired) electrons. The van der Waals surface area contributed by atoms with Crippen LogP contribution in [-0.2, 0) is 9.59 Å². The maximum atomic E-state index is 11.6. The van der Waals surface area contributed by atoms with Crippen molar-refractivity contribution in [2.45, 2.75) is 0 Å². The van der Waals surface area contributed by atoms with Crippen LogP contribution in [0.4, 0.5) is 0 Å². The van der Waals surface area contributed by atoms with Gasteiger partial charge in [-0.3, -0.25) is 20.4 Å². The second-order valence-corrected chi connectivity index (χ2v) is 5.88. The number of hydrazine groups is 1. The van der Waals surface area contributed by atoms with Gasteiger partial charge in [-0.05, 0) is 30.3 Å². The molecule has 126 valence electrons. The number of nitrogens with one attached hydrogen (secondary N) is 2. The quantitative estimate of drug-likeness (QED) is 0.714. The molecule has 8 heteroatoms. The van der Waals surface area contributed by atoms with E-state index in [9.17, 15) is 9.59 Å². The second kappa shape index (κ2) is 9.14. The fourth-order valence-corrected chi connectivity index (χ4v) is 2.34. The Morgan fingerprint density at radius 1 is 0.958 bits per heavy atom. The minimum atomic E-state index is -0.526. The van der Waals surface area contributed by atoms with Gasteiger partial charge in [0.05, 0.1) is 5.02 Å². The molecule has 2 rings (SSSR count). The van der Waals surface area contributed by atoms with Gasteiger partial charge in [0.25, 0.3) is 11.8 Å². The monoisotopic (exact) mass is 412 g/mol. The Bertz CT molecular complexity index is 712. The summed E-state index contributed by atoms with van der Waals surface area (Å²) in [7, 11) is 0. The van der Waals surface area contributed by atoms with Crippen molar-refractivity contribution in [1.82, 2.24) is 10.9 Å². The lowest BCUT2D eigenvalue weighted by Crippen LogP contribution is -2.45. The number of ether oxygens (including phenoxy) is 2. The molecule has 2 aromatic carbocycles. The van der Waals surface area contributed by atoms with Gasteiger partial charge in [-0.25, -0.2) is 0 Å². The largest absolute Gasteiger partial charge is 0.484 e. The summed E-state index contributed by atoms with van der Waals surface area (Å²) in [6.07, 6.45) is 0. The standard InChI is InChI=1S/C16H14BrClN2O4/c17-11-6-7-14(13(18)8-11)24-10-16(22)20-19-15(21)9-23-12-4-2-1-3-5-12/h1-8H,9-10H2,(H,19,21)(H,20,22). The Balaban J connectivity index is 1.68. The zero-order valence-electron chi connectivity index (χ0n) is 12.4. The third kappa shape index (κ3) is 6.10. The van der Waals surface area contributed by atoms with Crippen molar-refractivity contribution in [3.8, 4) is 11.5 Å². The summed E-state index contributed by atoms with van der Waals surface area (Å²) in [5, 5.41) is 0.373. The van der Waals surface area contributed by atoms with Crippen molar-refractivity contribution < 1.29 is 19.1 Å². The number of benzene rings is 2. The van der Waals surface area contributed by atoms with Crippen molar-refractivity contribution in [2.24, 2.45) is 0 Å². The van der Waals surface area contributed by atoms with Crippen LogP contribution in [0.3, 0.4) is 0 Å². The first-order valence-corrected chi connectivity index (χ1v) is 8.05. The smallest absolute Gasteiger partial charge is 0.276 e. The molecule has 0 aliphatic carbocycles. The maximum Gasteiger partial charge on any atom is 0.276 e. The number of halogens is 2. The van der Waals surface area contributed by atoms with Crippen LogP contribution in [0.2, 0.25) is 5.02 Å². The van der Waals surface area contributed by atoms with Gasteiger partial charge < -0.3 is 9.47 Å². The van der Waals surface area contributed by atoms with Crippen LogP contribution in [0.5, 0.6) is 11.5 Å². The first-order valence-electron chi connectivity index (χ1n) is 6.88. The highest BCUT2D eigenvalue weighted by Crippen LogP contribution is 2.27. The molecule has 0 fully saturated rings. The molecule has 0 bridgehead atoms. The van der Waals surface area contributed by atoms with Crippen molar-refractivity contribution in [3.63, 3.8) is 0 Å². The van der Waals surface area contributed by atoms with E-state index in [-0.39, 0.29) is 13.2 Å². The lowest BCUT2D eigenvalue weighted by atomic mass is 10.3. The fraction of sp³-hybridized carbons (Fsp3) is 0.125. The first-order chi connectivity index (χ1) is 11.5. The van der Waals surface area contributed by atoms with E-state index in [1.165, 1.54) is 0 Å². The third-order valence-corrected chi connectivity index (χ3v) is 3.50. The molecule has 0 saturated carbocycles. The second-order valence-electron chi connectivity index (χ2n) is 4.56. The van der Waals surface area contributed by atoms with E-state index in [1.54, 1.807) is 42.5 Å². The third-order valence-electron chi connectivity index (χ3n) is 2.71. The Hall–Kier alpha value is -2.25. The maximum absolute atomic E-state index is 11.6. The molecule has 2 amide bonds. The molecule has 0 spiro atoms. The summed E-state index contributed by atoms with van der Waals surface area (Å²) < 4.78 is 11.3. The molecule has 0 heterocycles. The number of hydrogen-bond donors (Lipinski definition) is 2. The zero-order valence-corrected chi connectivity index (χ0v) is 14.8. The Labute approximate surface area is 152 Å². The summed E-state index contributed by atoms with van der Waals surface area (Å²) in [4.78, 5) is 23.2. The van der Waals surface area contributed by atoms with E-state index in [0.717, 1.165) is 4.47 Å². The number of amides is 2. The Kier molecular flexibility index (Phi) is 6.89. The lowest BCUT2D eigenvalue weighted by Gasteiger charge is -2.10. The van der Waals surface area contributed by atoms with Gasteiger partial charge >= 0.3 is 0 Å². The van der Waals surface area contributed by atoms with Crippen LogP contribution in [0.25, 0.3) is 0 Å². The molecule has 0 aromatic heterocycles. The molecule has 0 aliphatic heterocycles. The summed E-state index contributed by atoms with van der Waals surface area (Å²) in [6, 6.07) is 13.9. The Morgan fingerprint density at radius 3 is 2.21 bits per heavy atom. The topological polar surface area (TPSA) is 76.7 Å². The molecule has 24 heavy (non-hydrogen) atoms. The molecule has 0 atom stereocenters. The van der Waals surface area contributed by atoms with Crippen LogP contribution in [0.1, 0.15) is 0 Å². The molecule has 6 nitrogen and oxygen atoms in total. The molecule has 2 N–H and O–H groups in total. The van der Waals surface area contributed by atoms with E-state index >= 15 is 0 Å². The number of rotatable bonds is 6. The summed E-state index contributed by atoms with van der Waals surface area (Å²) >= 11 is 9.24. The SMILES string of the molecule is O=C(COc1ccccc1)NNC(=O)COc1ccc(Br)cc1Cl. The van der Waals surface area contributed by atoms with Crippen molar-refractivity contribution in [1.29, 1.82) is 0 Å². The minimum absolute atomic E-state index is 0.219. The molecular weight excluding hydrogens is 400 g/mol. The van der Waals surface area contributed by atoms with E-state index in [0.29, 0.717) is 16.5 Å². The van der Waals surface area contributed by atoms with Gasteiger partial charge in [0.2, 0.25) is 0 Å². The predicted molar refractivity (Wildman–Crippen MR) is 92.9 cm³/mol. The fourth-order valence-electron chi connectivity index (χ4n) is 1.61. The van der Waals surface area contributed by atoms with E-state index in [1.807, 2.05) is 6.07 Å². The molecular formula is C16H14BrClN2O4. The van der Waals surface area contributed by atoms with Crippen LogP contribution in [0.15, 0.2) is 53.0 Å². The van der Waals surface area contributed by atoms with Gasteiger partial charge in [-0.1, -0.05) is 45.7 Å². The molecule has 0 unspecified atom stereocenters. The molecule has 0 aliphatic rings. The van der Waals surface area contributed by atoms with E-state index < -0.39 is 11.8 Å².